The first kappa shape index (κ1) is 15.9. The van der Waals surface area contributed by atoms with E-state index in [0.717, 1.165) is 6.42 Å². The lowest BCUT2D eigenvalue weighted by Gasteiger charge is -2.09. The van der Waals surface area contributed by atoms with Gasteiger partial charge in [0.05, 0.1) is 0 Å². The lowest BCUT2D eigenvalue weighted by atomic mass is 10.1. The van der Waals surface area contributed by atoms with Gasteiger partial charge in [-0.15, -0.1) is 0 Å². The number of carbonyl (C=O) groups excluding carboxylic acids is 1. The van der Waals surface area contributed by atoms with Crippen molar-refractivity contribution in [2.45, 2.75) is 33.7 Å². The quantitative estimate of drug-likeness (QED) is 0.923. The van der Waals surface area contributed by atoms with Gasteiger partial charge >= 0.3 is 0 Å². The molecule has 1 aromatic heterocycles. The fourth-order valence-corrected chi connectivity index (χ4v) is 2.07. The molecule has 0 saturated carbocycles. The SMILES string of the molecule is CCc1ccc(NC(=O)c2ccc(=O)n(CC(C)C)n2)cc1. The number of carbonyl (C=O) groups is 1. The third-order valence-electron chi connectivity index (χ3n) is 3.26. The summed E-state index contributed by atoms with van der Waals surface area (Å²) in [6, 6.07) is 10.5. The lowest BCUT2D eigenvalue weighted by molar-refractivity contribution is 0.101. The molecule has 0 saturated heterocycles. The molecule has 0 aliphatic rings. The second-order valence-corrected chi connectivity index (χ2v) is 5.64. The third kappa shape index (κ3) is 4.04. The van der Waals surface area contributed by atoms with E-state index in [1.807, 2.05) is 38.1 Å². The van der Waals surface area contributed by atoms with E-state index in [4.69, 9.17) is 0 Å². The fraction of sp³-hybridized carbons (Fsp3) is 0.353. The largest absolute Gasteiger partial charge is 0.321 e. The van der Waals surface area contributed by atoms with Crippen LogP contribution in [0.15, 0.2) is 41.2 Å². The minimum absolute atomic E-state index is 0.197. The number of benzene rings is 1. The van der Waals surface area contributed by atoms with Gasteiger partial charge in [-0.2, -0.15) is 5.10 Å². The first-order valence-electron chi connectivity index (χ1n) is 7.48. The van der Waals surface area contributed by atoms with Crippen molar-refractivity contribution < 1.29 is 4.79 Å². The van der Waals surface area contributed by atoms with Crippen molar-refractivity contribution in [1.82, 2.24) is 9.78 Å². The molecule has 0 bridgehead atoms. The van der Waals surface area contributed by atoms with Crippen LogP contribution in [0.3, 0.4) is 0 Å². The van der Waals surface area contributed by atoms with Gasteiger partial charge in [-0.3, -0.25) is 9.59 Å². The second kappa shape index (κ2) is 7.02. The number of hydrogen-bond acceptors (Lipinski definition) is 3. The maximum atomic E-state index is 12.2. The van der Waals surface area contributed by atoms with Crippen LogP contribution in [0.25, 0.3) is 0 Å². The van der Waals surface area contributed by atoms with Crippen LogP contribution < -0.4 is 10.9 Å². The summed E-state index contributed by atoms with van der Waals surface area (Å²) in [6.07, 6.45) is 0.954. The van der Waals surface area contributed by atoms with Crippen LogP contribution >= 0.6 is 0 Å². The van der Waals surface area contributed by atoms with Gasteiger partial charge in [0, 0.05) is 18.3 Å². The van der Waals surface area contributed by atoms with Gasteiger partial charge < -0.3 is 5.32 Å². The van der Waals surface area contributed by atoms with Crippen LogP contribution in [0.1, 0.15) is 36.8 Å². The van der Waals surface area contributed by atoms with E-state index < -0.39 is 0 Å². The molecule has 1 aromatic carbocycles. The molecule has 116 valence electrons. The van der Waals surface area contributed by atoms with Crippen molar-refractivity contribution >= 4 is 11.6 Å². The van der Waals surface area contributed by atoms with E-state index in [0.29, 0.717) is 12.2 Å². The van der Waals surface area contributed by atoms with Crippen LogP contribution in [-0.2, 0) is 13.0 Å². The zero-order chi connectivity index (χ0) is 16.1. The molecule has 0 radical (unpaired) electrons. The molecule has 0 spiro atoms. The Balaban J connectivity index is 2.16. The number of aryl methyl sites for hydroxylation is 1. The zero-order valence-corrected chi connectivity index (χ0v) is 13.2. The average Bonchev–Trinajstić information content (AvgIpc) is 2.49. The molecule has 0 fully saturated rings. The highest BCUT2D eigenvalue weighted by Crippen LogP contribution is 2.11. The monoisotopic (exact) mass is 299 g/mol. The summed E-state index contributed by atoms with van der Waals surface area (Å²) in [5.41, 5.74) is 1.96. The topological polar surface area (TPSA) is 64.0 Å². The van der Waals surface area contributed by atoms with Crippen molar-refractivity contribution in [2.24, 2.45) is 5.92 Å². The van der Waals surface area contributed by atoms with Crippen molar-refractivity contribution in [3.63, 3.8) is 0 Å². The first-order chi connectivity index (χ1) is 10.5. The Labute approximate surface area is 130 Å². The minimum atomic E-state index is -0.318. The van der Waals surface area contributed by atoms with E-state index in [-0.39, 0.29) is 23.1 Å². The van der Waals surface area contributed by atoms with Gasteiger partial charge in [0.1, 0.15) is 5.69 Å². The summed E-state index contributed by atoms with van der Waals surface area (Å²) >= 11 is 0. The molecular weight excluding hydrogens is 278 g/mol. The molecule has 2 rings (SSSR count). The highest BCUT2D eigenvalue weighted by Gasteiger charge is 2.10. The standard InChI is InChI=1S/C17H21N3O2/c1-4-13-5-7-14(8-6-13)18-17(22)15-9-10-16(21)20(19-15)11-12(2)3/h5-10,12H,4,11H2,1-3H3,(H,18,22). The van der Waals surface area contributed by atoms with Gasteiger partial charge in [-0.05, 0) is 36.1 Å². The first-order valence-corrected chi connectivity index (χ1v) is 7.48. The van der Waals surface area contributed by atoms with Crippen molar-refractivity contribution in [3.8, 4) is 0 Å². The molecule has 5 nitrogen and oxygen atoms in total. The van der Waals surface area contributed by atoms with E-state index >= 15 is 0 Å². The fourth-order valence-electron chi connectivity index (χ4n) is 2.07. The molecule has 1 heterocycles. The van der Waals surface area contributed by atoms with Crippen LogP contribution in [-0.4, -0.2) is 15.7 Å². The molecule has 0 aliphatic heterocycles. The Morgan fingerprint density at radius 3 is 2.45 bits per heavy atom. The number of anilines is 1. The summed E-state index contributed by atoms with van der Waals surface area (Å²) < 4.78 is 1.33. The molecule has 1 amide bonds. The Kier molecular flexibility index (Phi) is 5.09. The summed E-state index contributed by atoms with van der Waals surface area (Å²) in [5, 5.41) is 6.93. The zero-order valence-electron chi connectivity index (χ0n) is 13.2. The molecular formula is C17H21N3O2. The molecule has 0 unspecified atom stereocenters. The van der Waals surface area contributed by atoms with E-state index in [2.05, 4.69) is 17.3 Å². The Morgan fingerprint density at radius 1 is 1.18 bits per heavy atom. The number of rotatable bonds is 5. The van der Waals surface area contributed by atoms with Gasteiger partial charge in [0.2, 0.25) is 0 Å². The van der Waals surface area contributed by atoms with E-state index in [9.17, 15) is 9.59 Å². The second-order valence-electron chi connectivity index (χ2n) is 5.64. The molecule has 1 N–H and O–H groups in total. The number of amides is 1. The minimum Gasteiger partial charge on any atom is -0.321 e. The van der Waals surface area contributed by atoms with Crippen LogP contribution in [0, 0.1) is 5.92 Å². The van der Waals surface area contributed by atoms with Crippen LogP contribution in [0.5, 0.6) is 0 Å². The summed E-state index contributed by atoms with van der Waals surface area (Å²) in [6.45, 7) is 6.56. The Morgan fingerprint density at radius 2 is 1.86 bits per heavy atom. The summed E-state index contributed by atoms with van der Waals surface area (Å²) in [5.74, 6) is -0.0353. The van der Waals surface area contributed by atoms with Gasteiger partial charge in [-0.25, -0.2) is 4.68 Å². The smallest absolute Gasteiger partial charge is 0.276 e. The van der Waals surface area contributed by atoms with Crippen molar-refractivity contribution in [1.29, 1.82) is 0 Å². The molecule has 22 heavy (non-hydrogen) atoms. The highest BCUT2D eigenvalue weighted by atomic mass is 16.2. The van der Waals surface area contributed by atoms with E-state index in [1.54, 1.807) is 0 Å². The number of nitrogens with zero attached hydrogens (tertiary/aromatic N) is 2. The Hall–Kier alpha value is -2.43. The van der Waals surface area contributed by atoms with Crippen LogP contribution in [0.4, 0.5) is 5.69 Å². The predicted molar refractivity (Wildman–Crippen MR) is 87.1 cm³/mol. The van der Waals surface area contributed by atoms with Crippen LogP contribution in [0.2, 0.25) is 0 Å². The van der Waals surface area contributed by atoms with Gasteiger partial charge in [0.15, 0.2) is 0 Å². The molecule has 0 aliphatic carbocycles. The summed E-state index contributed by atoms with van der Waals surface area (Å²) in [7, 11) is 0. The molecule has 5 heteroatoms. The maximum Gasteiger partial charge on any atom is 0.276 e. The Bertz CT molecular complexity index is 703. The lowest BCUT2D eigenvalue weighted by Crippen LogP contribution is -2.27. The van der Waals surface area contributed by atoms with E-state index in [1.165, 1.54) is 22.4 Å². The number of hydrogen-bond donors (Lipinski definition) is 1. The average molecular weight is 299 g/mol. The van der Waals surface area contributed by atoms with Gasteiger partial charge in [-0.1, -0.05) is 32.9 Å². The molecule has 2 aromatic rings. The number of nitrogens with one attached hydrogen (secondary N) is 1. The maximum absolute atomic E-state index is 12.2. The summed E-state index contributed by atoms with van der Waals surface area (Å²) in [4.78, 5) is 24.0. The predicted octanol–water partition coefficient (Wildman–Crippen LogP) is 2.71. The highest BCUT2D eigenvalue weighted by molar-refractivity contribution is 6.02. The normalized spacial score (nSPS) is 10.7. The number of aromatic nitrogens is 2. The van der Waals surface area contributed by atoms with Gasteiger partial charge in [0.25, 0.3) is 11.5 Å². The third-order valence-corrected chi connectivity index (χ3v) is 3.26. The van der Waals surface area contributed by atoms with Crippen molar-refractivity contribution in [3.05, 3.63) is 58.0 Å². The van der Waals surface area contributed by atoms with Crippen molar-refractivity contribution in [2.75, 3.05) is 5.32 Å². The molecule has 0 atom stereocenters.